The second-order valence-electron chi connectivity index (χ2n) is 5.05. The fourth-order valence-electron chi connectivity index (χ4n) is 2.60. The highest BCUT2D eigenvalue weighted by atomic mass is 79.9. The molecule has 1 heterocycles. The maximum Gasteiger partial charge on any atom is 0.128 e. The van der Waals surface area contributed by atoms with Gasteiger partial charge >= 0.3 is 0 Å². The van der Waals surface area contributed by atoms with Crippen molar-refractivity contribution in [3.8, 4) is 5.75 Å². The molecule has 1 aliphatic heterocycles. The summed E-state index contributed by atoms with van der Waals surface area (Å²) in [6.45, 7) is 2.63. The van der Waals surface area contributed by atoms with Crippen molar-refractivity contribution in [3.63, 3.8) is 0 Å². The quantitative estimate of drug-likeness (QED) is 0.865. The van der Waals surface area contributed by atoms with Crippen molar-refractivity contribution < 1.29 is 9.84 Å². The molecule has 0 aliphatic carbocycles. The lowest BCUT2D eigenvalue weighted by atomic mass is 9.97. The van der Waals surface area contributed by atoms with E-state index in [4.69, 9.17) is 16.3 Å². The second-order valence-corrected chi connectivity index (χ2v) is 6.40. The molecule has 1 aliphatic rings. The first-order valence-electron chi connectivity index (χ1n) is 6.45. The van der Waals surface area contributed by atoms with Gasteiger partial charge < -0.3 is 9.84 Å². The Hall–Kier alpha value is -1.03. The van der Waals surface area contributed by atoms with E-state index >= 15 is 0 Å². The van der Waals surface area contributed by atoms with Crippen LogP contribution >= 0.6 is 27.5 Å². The topological polar surface area (TPSA) is 29.5 Å². The Kier molecular flexibility index (Phi) is 3.76. The third-order valence-electron chi connectivity index (χ3n) is 3.45. The molecule has 104 valence electrons. The molecule has 2 nitrogen and oxygen atoms in total. The maximum absolute atomic E-state index is 10.7. The van der Waals surface area contributed by atoms with Gasteiger partial charge in [-0.3, -0.25) is 0 Å². The highest BCUT2D eigenvalue weighted by Gasteiger charge is 2.23. The summed E-state index contributed by atoms with van der Waals surface area (Å²) < 4.78 is 6.63. The van der Waals surface area contributed by atoms with Gasteiger partial charge in [-0.15, -0.1) is 0 Å². The van der Waals surface area contributed by atoms with Crippen LogP contribution in [-0.2, 0) is 6.42 Å². The zero-order chi connectivity index (χ0) is 14.3. The van der Waals surface area contributed by atoms with E-state index in [1.165, 1.54) is 0 Å². The lowest BCUT2D eigenvalue weighted by Crippen LogP contribution is -2.03. The van der Waals surface area contributed by atoms with Crippen LogP contribution in [0.3, 0.4) is 0 Å². The SMILES string of the molecule is Cc1cc(Cl)cc(C(O)c2cc(Br)cc3c2OCC3)c1. The molecule has 4 heteroatoms. The van der Waals surface area contributed by atoms with Crippen LogP contribution in [-0.4, -0.2) is 11.7 Å². The highest BCUT2D eigenvalue weighted by Crippen LogP contribution is 2.39. The smallest absolute Gasteiger partial charge is 0.128 e. The monoisotopic (exact) mass is 352 g/mol. The first-order chi connectivity index (χ1) is 9.54. The lowest BCUT2D eigenvalue weighted by Gasteiger charge is -2.16. The number of aliphatic hydroxyl groups excluding tert-OH is 1. The number of hydrogen-bond acceptors (Lipinski definition) is 2. The van der Waals surface area contributed by atoms with Gasteiger partial charge in [-0.2, -0.15) is 0 Å². The molecular weight excluding hydrogens is 340 g/mol. The second kappa shape index (κ2) is 5.40. The Bertz CT molecular complexity index is 650. The van der Waals surface area contributed by atoms with Gasteiger partial charge in [0.25, 0.3) is 0 Å². The number of benzene rings is 2. The van der Waals surface area contributed by atoms with Gasteiger partial charge in [-0.25, -0.2) is 0 Å². The minimum atomic E-state index is -0.739. The van der Waals surface area contributed by atoms with E-state index in [9.17, 15) is 5.11 Å². The summed E-state index contributed by atoms with van der Waals surface area (Å²) in [6, 6.07) is 9.56. The van der Waals surface area contributed by atoms with Gasteiger partial charge in [-0.05, 0) is 47.9 Å². The van der Waals surface area contributed by atoms with Gasteiger partial charge in [0.05, 0.1) is 6.61 Å². The van der Waals surface area contributed by atoms with Gasteiger partial charge in [0.15, 0.2) is 0 Å². The van der Waals surface area contributed by atoms with Gasteiger partial charge in [0.2, 0.25) is 0 Å². The molecule has 0 radical (unpaired) electrons. The minimum Gasteiger partial charge on any atom is -0.493 e. The number of hydrogen-bond donors (Lipinski definition) is 1. The van der Waals surface area contributed by atoms with Gasteiger partial charge in [-0.1, -0.05) is 33.6 Å². The molecule has 2 aromatic rings. The Labute approximate surface area is 131 Å². The van der Waals surface area contributed by atoms with Crippen molar-refractivity contribution in [2.24, 2.45) is 0 Å². The number of ether oxygens (including phenoxy) is 1. The zero-order valence-electron chi connectivity index (χ0n) is 11.0. The summed E-state index contributed by atoms with van der Waals surface area (Å²) >= 11 is 9.57. The molecule has 1 unspecified atom stereocenters. The first-order valence-corrected chi connectivity index (χ1v) is 7.62. The fourth-order valence-corrected chi connectivity index (χ4v) is 3.42. The van der Waals surface area contributed by atoms with Gasteiger partial charge in [0.1, 0.15) is 11.9 Å². The summed E-state index contributed by atoms with van der Waals surface area (Å²) in [7, 11) is 0. The van der Waals surface area contributed by atoms with Crippen molar-refractivity contribution in [3.05, 3.63) is 62.1 Å². The van der Waals surface area contributed by atoms with Crippen molar-refractivity contribution >= 4 is 27.5 Å². The fraction of sp³-hybridized carbons (Fsp3) is 0.250. The Morgan fingerprint density at radius 1 is 1.25 bits per heavy atom. The van der Waals surface area contributed by atoms with E-state index in [2.05, 4.69) is 15.9 Å². The summed E-state index contributed by atoms with van der Waals surface area (Å²) in [5.74, 6) is 0.804. The highest BCUT2D eigenvalue weighted by molar-refractivity contribution is 9.10. The number of rotatable bonds is 2. The Balaban J connectivity index is 2.08. The largest absolute Gasteiger partial charge is 0.493 e. The molecular formula is C16H14BrClO2. The number of aliphatic hydroxyl groups is 1. The standard InChI is InChI=1S/C16H14BrClO2/c1-9-4-11(7-13(18)5-9)15(19)14-8-12(17)6-10-2-3-20-16(10)14/h4-8,15,19H,2-3H2,1H3. The molecule has 1 atom stereocenters. The summed E-state index contributed by atoms with van der Waals surface area (Å²) in [6.07, 6.45) is 0.139. The molecule has 0 aromatic heterocycles. The average molecular weight is 354 g/mol. The van der Waals surface area contributed by atoms with Crippen LogP contribution in [0.25, 0.3) is 0 Å². The van der Waals surface area contributed by atoms with Gasteiger partial charge in [0, 0.05) is 21.5 Å². The van der Waals surface area contributed by atoms with Crippen molar-refractivity contribution in [2.75, 3.05) is 6.61 Å². The molecule has 1 N–H and O–H groups in total. The van der Waals surface area contributed by atoms with Crippen LogP contribution in [0.1, 0.15) is 28.4 Å². The summed E-state index contributed by atoms with van der Waals surface area (Å²) in [5.41, 5.74) is 3.73. The van der Waals surface area contributed by atoms with Crippen molar-refractivity contribution in [2.45, 2.75) is 19.4 Å². The van der Waals surface area contributed by atoms with Crippen LogP contribution in [0.5, 0.6) is 5.75 Å². The van der Waals surface area contributed by atoms with E-state index in [1.807, 2.05) is 31.2 Å². The van der Waals surface area contributed by atoms with Crippen LogP contribution in [0.2, 0.25) is 5.02 Å². The minimum absolute atomic E-state index is 0.631. The van der Waals surface area contributed by atoms with Crippen LogP contribution in [0, 0.1) is 6.92 Å². The maximum atomic E-state index is 10.7. The van der Waals surface area contributed by atoms with Crippen molar-refractivity contribution in [1.82, 2.24) is 0 Å². The van der Waals surface area contributed by atoms with Crippen LogP contribution in [0.4, 0.5) is 0 Å². The molecule has 3 rings (SSSR count). The lowest BCUT2D eigenvalue weighted by molar-refractivity contribution is 0.213. The Morgan fingerprint density at radius 2 is 2.05 bits per heavy atom. The van der Waals surface area contributed by atoms with Crippen molar-refractivity contribution in [1.29, 1.82) is 0 Å². The number of fused-ring (bicyclic) bond motifs is 1. The number of halogens is 2. The van der Waals surface area contributed by atoms with E-state index in [1.54, 1.807) is 6.07 Å². The Morgan fingerprint density at radius 3 is 2.80 bits per heavy atom. The van der Waals surface area contributed by atoms with E-state index in [0.29, 0.717) is 11.6 Å². The van der Waals surface area contributed by atoms with E-state index < -0.39 is 6.10 Å². The van der Waals surface area contributed by atoms with E-state index in [-0.39, 0.29) is 0 Å². The molecule has 0 fully saturated rings. The normalized spacial score (nSPS) is 14.8. The first kappa shape index (κ1) is 13.9. The predicted molar refractivity (Wildman–Crippen MR) is 83.6 cm³/mol. The third kappa shape index (κ3) is 2.58. The molecule has 0 saturated heterocycles. The number of aryl methyl sites for hydroxylation is 1. The molecule has 0 saturated carbocycles. The van der Waals surface area contributed by atoms with Crippen LogP contribution in [0.15, 0.2) is 34.8 Å². The zero-order valence-corrected chi connectivity index (χ0v) is 13.3. The third-order valence-corrected chi connectivity index (χ3v) is 4.13. The molecule has 0 amide bonds. The molecule has 0 spiro atoms. The van der Waals surface area contributed by atoms with E-state index in [0.717, 1.165) is 38.9 Å². The predicted octanol–water partition coefficient (Wildman–Crippen LogP) is 4.43. The van der Waals surface area contributed by atoms with Crippen LogP contribution < -0.4 is 4.74 Å². The molecule has 0 bridgehead atoms. The molecule has 2 aromatic carbocycles. The summed E-state index contributed by atoms with van der Waals surface area (Å²) in [5, 5.41) is 11.3. The molecule has 20 heavy (non-hydrogen) atoms. The average Bonchev–Trinajstić information content (AvgIpc) is 2.83. The summed E-state index contributed by atoms with van der Waals surface area (Å²) in [4.78, 5) is 0.